The molecule has 0 saturated carbocycles. The molecule has 44 heavy (non-hydrogen) atoms. The Morgan fingerprint density at radius 2 is 1.48 bits per heavy atom. The number of hydrogen-bond donors (Lipinski definition) is 1. The maximum atomic E-state index is 14.4. The molecule has 1 N–H and O–H groups in total. The molecule has 0 heterocycles. The van der Waals surface area contributed by atoms with Crippen LogP contribution in [0.1, 0.15) is 22.3 Å². The molecule has 0 aliphatic carbocycles. The minimum Gasteiger partial charge on any atom is -0.357 e. The van der Waals surface area contributed by atoms with E-state index in [-0.39, 0.29) is 17.9 Å². The summed E-state index contributed by atoms with van der Waals surface area (Å²) in [5.41, 5.74) is 3.49. The van der Waals surface area contributed by atoms with Crippen LogP contribution in [-0.2, 0) is 32.6 Å². The van der Waals surface area contributed by atoms with E-state index in [9.17, 15) is 18.0 Å². The van der Waals surface area contributed by atoms with Gasteiger partial charge in [-0.1, -0.05) is 77.3 Å². The first kappa shape index (κ1) is 33.3. The van der Waals surface area contributed by atoms with Crippen LogP contribution in [0, 0.1) is 13.8 Å². The topological polar surface area (TPSA) is 86.8 Å². The van der Waals surface area contributed by atoms with Crippen molar-refractivity contribution in [3.8, 4) is 0 Å². The number of aryl methyl sites for hydroxylation is 2. The standard InChI is InChI=1S/C33H32Cl3N3O4S/c1-22-9-14-28(17-23(22)2)39(44(42,43)29-15-12-26(34)13-16-29)21-32(40)38(20-25-10-11-27(35)19-30(25)36)31(33(41)37-3)18-24-7-5-4-6-8-24/h4-17,19,31H,18,20-21H2,1-3H3,(H,37,41)/t31-/m0/s1. The van der Waals surface area contributed by atoms with Gasteiger partial charge in [-0.25, -0.2) is 8.42 Å². The van der Waals surface area contributed by atoms with E-state index in [1.807, 2.05) is 44.2 Å². The summed E-state index contributed by atoms with van der Waals surface area (Å²) in [4.78, 5) is 29.1. The van der Waals surface area contributed by atoms with E-state index in [2.05, 4.69) is 5.32 Å². The molecule has 4 aromatic rings. The van der Waals surface area contributed by atoms with Gasteiger partial charge in [-0.3, -0.25) is 13.9 Å². The third-order valence-electron chi connectivity index (χ3n) is 7.33. The number of hydrogen-bond acceptors (Lipinski definition) is 4. The molecule has 0 saturated heterocycles. The van der Waals surface area contributed by atoms with Gasteiger partial charge in [0.2, 0.25) is 11.8 Å². The third-order valence-corrected chi connectivity index (χ3v) is 9.96. The number of nitrogens with zero attached hydrogens (tertiary/aromatic N) is 2. The summed E-state index contributed by atoms with van der Waals surface area (Å²) >= 11 is 18.7. The molecule has 4 aromatic carbocycles. The van der Waals surface area contributed by atoms with E-state index >= 15 is 0 Å². The SMILES string of the molecule is CNC(=O)[C@H](Cc1ccccc1)N(Cc1ccc(Cl)cc1Cl)C(=O)CN(c1ccc(C)c(C)c1)S(=O)(=O)c1ccc(Cl)cc1. The summed E-state index contributed by atoms with van der Waals surface area (Å²) in [6.45, 7) is 3.13. The second kappa shape index (κ2) is 14.5. The fourth-order valence-corrected chi connectivity index (χ4v) is 6.70. The van der Waals surface area contributed by atoms with Crippen LogP contribution in [0.15, 0.2) is 95.9 Å². The Morgan fingerprint density at radius 1 is 0.818 bits per heavy atom. The van der Waals surface area contributed by atoms with Crippen LogP contribution >= 0.6 is 34.8 Å². The molecule has 0 fully saturated rings. The Hall–Kier alpha value is -3.56. The summed E-state index contributed by atoms with van der Waals surface area (Å²) < 4.78 is 29.3. The summed E-state index contributed by atoms with van der Waals surface area (Å²) in [7, 11) is -2.75. The van der Waals surface area contributed by atoms with E-state index < -0.39 is 34.4 Å². The minimum atomic E-state index is -4.24. The van der Waals surface area contributed by atoms with Gasteiger partial charge in [-0.15, -0.1) is 0 Å². The second-order valence-electron chi connectivity index (χ2n) is 10.3. The van der Waals surface area contributed by atoms with Crippen LogP contribution in [0.2, 0.25) is 15.1 Å². The molecule has 4 rings (SSSR count). The van der Waals surface area contributed by atoms with Crippen molar-refractivity contribution in [3.05, 3.63) is 128 Å². The Morgan fingerprint density at radius 3 is 2.09 bits per heavy atom. The summed E-state index contributed by atoms with van der Waals surface area (Å²) in [6.07, 6.45) is 0.186. The largest absolute Gasteiger partial charge is 0.357 e. The summed E-state index contributed by atoms with van der Waals surface area (Å²) in [6, 6.07) is 24.1. The zero-order chi connectivity index (χ0) is 32.0. The molecule has 11 heteroatoms. The molecule has 0 unspecified atom stereocenters. The predicted octanol–water partition coefficient (Wildman–Crippen LogP) is 6.85. The number of anilines is 1. The van der Waals surface area contributed by atoms with Crippen molar-refractivity contribution in [2.24, 2.45) is 0 Å². The number of likely N-dealkylation sites (N-methyl/N-ethyl adjacent to an activating group) is 1. The zero-order valence-electron chi connectivity index (χ0n) is 24.4. The molecule has 0 aliphatic rings. The lowest BCUT2D eigenvalue weighted by Crippen LogP contribution is -2.53. The maximum Gasteiger partial charge on any atom is 0.264 e. The summed E-state index contributed by atoms with van der Waals surface area (Å²) in [5.74, 6) is -1.01. The zero-order valence-corrected chi connectivity index (χ0v) is 27.5. The van der Waals surface area contributed by atoms with Crippen molar-refractivity contribution in [1.82, 2.24) is 10.2 Å². The lowest BCUT2D eigenvalue weighted by atomic mass is 10.0. The fourth-order valence-electron chi connectivity index (χ4n) is 4.70. The highest BCUT2D eigenvalue weighted by molar-refractivity contribution is 7.92. The van der Waals surface area contributed by atoms with Crippen molar-refractivity contribution in [2.75, 3.05) is 17.9 Å². The van der Waals surface area contributed by atoms with Crippen LogP contribution < -0.4 is 9.62 Å². The number of benzene rings is 4. The Labute approximate surface area is 273 Å². The molecule has 7 nitrogen and oxygen atoms in total. The normalized spacial score (nSPS) is 12.0. The quantitative estimate of drug-likeness (QED) is 0.189. The highest BCUT2D eigenvalue weighted by Gasteiger charge is 2.34. The molecule has 2 amide bonds. The van der Waals surface area contributed by atoms with Crippen molar-refractivity contribution in [2.45, 2.75) is 37.8 Å². The van der Waals surface area contributed by atoms with Gasteiger partial charge in [0, 0.05) is 35.1 Å². The predicted molar refractivity (Wildman–Crippen MR) is 177 cm³/mol. The van der Waals surface area contributed by atoms with E-state index in [4.69, 9.17) is 34.8 Å². The number of sulfonamides is 1. The first-order valence-corrected chi connectivity index (χ1v) is 16.3. The number of carbonyl (C=O) groups is 2. The number of amides is 2. The van der Waals surface area contributed by atoms with E-state index in [0.29, 0.717) is 26.3 Å². The maximum absolute atomic E-state index is 14.4. The van der Waals surface area contributed by atoms with Gasteiger partial charge in [-0.2, -0.15) is 0 Å². The van der Waals surface area contributed by atoms with Crippen LogP contribution in [0.25, 0.3) is 0 Å². The van der Waals surface area contributed by atoms with Crippen molar-refractivity contribution in [1.29, 1.82) is 0 Å². The first-order chi connectivity index (χ1) is 20.9. The van der Waals surface area contributed by atoms with Crippen LogP contribution in [0.3, 0.4) is 0 Å². The van der Waals surface area contributed by atoms with Crippen molar-refractivity contribution >= 4 is 62.3 Å². The Kier molecular flexibility index (Phi) is 11.0. The smallest absolute Gasteiger partial charge is 0.264 e. The molecule has 0 bridgehead atoms. The lowest BCUT2D eigenvalue weighted by molar-refractivity contribution is -0.139. The molecule has 0 aromatic heterocycles. The van der Waals surface area contributed by atoms with E-state index in [1.54, 1.807) is 36.4 Å². The Bertz CT molecular complexity index is 1750. The van der Waals surface area contributed by atoms with Gasteiger partial charge in [0.25, 0.3) is 10.0 Å². The number of rotatable bonds is 11. The number of halogens is 3. The average molecular weight is 673 g/mol. The molecule has 230 valence electrons. The highest BCUT2D eigenvalue weighted by atomic mass is 35.5. The minimum absolute atomic E-state index is 0.0349. The van der Waals surface area contributed by atoms with Gasteiger partial charge in [0.15, 0.2) is 0 Å². The van der Waals surface area contributed by atoms with Crippen molar-refractivity contribution in [3.63, 3.8) is 0 Å². The van der Waals surface area contributed by atoms with Crippen LogP contribution in [0.5, 0.6) is 0 Å². The van der Waals surface area contributed by atoms with E-state index in [1.165, 1.54) is 36.2 Å². The lowest BCUT2D eigenvalue weighted by Gasteiger charge is -2.34. The van der Waals surface area contributed by atoms with Gasteiger partial charge < -0.3 is 10.2 Å². The van der Waals surface area contributed by atoms with E-state index in [0.717, 1.165) is 21.0 Å². The van der Waals surface area contributed by atoms with Crippen molar-refractivity contribution < 1.29 is 18.0 Å². The van der Waals surface area contributed by atoms with Gasteiger partial charge in [0.05, 0.1) is 10.6 Å². The Balaban J connectivity index is 1.82. The summed E-state index contributed by atoms with van der Waals surface area (Å²) in [5, 5.41) is 3.76. The molecule has 1 atom stereocenters. The van der Waals surface area contributed by atoms with Gasteiger partial charge in [-0.05, 0) is 84.6 Å². The van der Waals surface area contributed by atoms with Crippen LogP contribution in [-0.4, -0.2) is 44.8 Å². The number of nitrogens with one attached hydrogen (secondary N) is 1. The second-order valence-corrected chi connectivity index (χ2v) is 13.5. The fraction of sp³-hybridized carbons (Fsp3) is 0.212. The van der Waals surface area contributed by atoms with Gasteiger partial charge >= 0.3 is 0 Å². The molecular formula is C33H32Cl3N3O4S. The molecule has 0 aliphatic heterocycles. The van der Waals surface area contributed by atoms with Crippen LogP contribution in [0.4, 0.5) is 5.69 Å². The third kappa shape index (κ3) is 7.93. The monoisotopic (exact) mass is 671 g/mol. The number of carbonyl (C=O) groups excluding carboxylic acids is 2. The highest BCUT2D eigenvalue weighted by Crippen LogP contribution is 2.29. The molecule has 0 radical (unpaired) electrons. The molecule has 0 spiro atoms. The average Bonchev–Trinajstić information content (AvgIpc) is 3.00. The molecular weight excluding hydrogens is 641 g/mol. The first-order valence-electron chi connectivity index (χ1n) is 13.7. The van der Waals surface area contributed by atoms with Gasteiger partial charge in [0.1, 0.15) is 12.6 Å².